The first kappa shape index (κ1) is 12.1. The summed E-state index contributed by atoms with van der Waals surface area (Å²) in [5, 5.41) is 10.4. The van der Waals surface area contributed by atoms with E-state index in [0.717, 1.165) is 12.8 Å². The van der Waals surface area contributed by atoms with Gasteiger partial charge in [-0.15, -0.1) is 0 Å². The van der Waals surface area contributed by atoms with Crippen molar-refractivity contribution >= 4 is 27.7 Å². The number of nitro groups is 1. The topological polar surface area (TPSA) is 76.6 Å². The zero-order valence-corrected chi connectivity index (χ0v) is 10.6. The highest BCUT2D eigenvalue weighted by Gasteiger charge is 2.25. The van der Waals surface area contributed by atoms with Crippen LogP contribution < -0.4 is 0 Å². The lowest BCUT2D eigenvalue weighted by atomic mass is 10.1. The minimum Gasteiger partial charge on any atom is -0.395 e. The number of amides is 1. The van der Waals surface area contributed by atoms with Crippen LogP contribution in [0.15, 0.2) is 16.5 Å². The fourth-order valence-corrected chi connectivity index (χ4v) is 2.16. The largest absolute Gasteiger partial charge is 0.433 e. The second-order valence-electron chi connectivity index (χ2n) is 3.86. The van der Waals surface area contributed by atoms with Gasteiger partial charge in [0, 0.05) is 17.9 Å². The Bertz CT molecular complexity index is 437. The summed E-state index contributed by atoms with van der Waals surface area (Å²) in [5.74, 6) is -0.647. The molecule has 1 aromatic heterocycles. The molecule has 1 saturated heterocycles. The molecule has 0 N–H and O–H groups in total. The number of furan rings is 1. The van der Waals surface area contributed by atoms with E-state index in [2.05, 4.69) is 15.9 Å². The van der Waals surface area contributed by atoms with E-state index in [1.54, 1.807) is 4.90 Å². The van der Waals surface area contributed by atoms with Gasteiger partial charge >= 0.3 is 5.88 Å². The van der Waals surface area contributed by atoms with Gasteiger partial charge in [0.25, 0.3) is 5.91 Å². The molecule has 0 aliphatic carbocycles. The molecule has 1 aliphatic heterocycles. The number of likely N-dealkylation sites (tertiary alicyclic amines) is 1. The summed E-state index contributed by atoms with van der Waals surface area (Å²) in [6.45, 7) is 1.28. The van der Waals surface area contributed by atoms with E-state index in [1.807, 2.05) is 0 Å². The Kier molecular flexibility index (Phi) is 3.46. The van der Waals surface area contributed by atoms with Gasteiger partial charge in [-0.1, -0.05) is 15.9 Å². The predicted molar refractivity (Wildman–Crippen MR) is 63.2 cm³/mol. The minimum absolute atomic E-state index is 0.0322. The monoisotopic (exact) mass is 302 g/mol. The number of hydrogen-bond donors (Lipinski definition) is 0. The standard InChI is InChI=1S/C10H11BrN2O4/c11-7-3-5-12(6-4-7)10(14)8-1-2-9(17-8)13(15)16/h1-2,7H,3-6H2. The Morgan fingerprint density at radius 3 is 2.65 bits per heavy atom. The van der Waals surface area contributed by atoms with E-state index in [4.69, 9.17) is 4.42 Å². The average molecular weight is 303 g/mol. The third-order valence-corrected chi connectivity index (χ3v) is 3.61. The van der Waals surface area contributed by atoms with Crippen LogP contribution in [-0.4, -0.2) is 33.6 Å². The SMILES string of the molecule is O=C(c1ccc([N+](=O)[O-])o1)N1CCC(Br)CC1. The smallest absolute Gasteiger partial charge is 0.395 e. The maximum absolute atomic E-state index is 11.9. The summed E-state index contributed by atoms with van der Waals surface area (Å²) >= 11 is 3.49. The van der Waals surface area contributed by atoms with Gasteiger partial charge in [0.1, 0.15) is 4.92 Å². The number of hydrogen-bond acceptors (Lipinski definition) is 4. The summed E-state index contributed by atoms with van der Waals surface area (Å²) in [5.41, 5.74) is 0. The molecule has 92 valence electrons. The van der Waals surface area contributed by atoms with Crippen molar-refractivity contribution in [3.05, 3.63) is 28.0 Å². The Balaban J connectivity index is 2.06. The van der Waals surface area contributed by atoms with Crippen molar-refractivity contribution in [1.82, 2.24) is 4.90 Å². The van der Waals surface area contributed by atoms with Gasteiger partial charge in [0.15, 0.2) is 5.76 Å². The number of carbonyl (C=O) groups is 1. The number of nitrogens with zero attached hydrogens (tertiary/aromatic N) is 2. The van der Waals surface area contributed by atoms with Gasteiger partial charge in [-0.05, 0) is 18.9 Å². The molecule has 1 aromatic rings. The second-order valence-corrected chi connectivity index (χ2v) is 5.16. The molecule has 17 heavy (non-hydrogen) atoms. The van der Waals surface area contributed by atoms with E-state index in [1.165, 1.54) is 12.1 Å². The van der Waals surface area contributed by atoms with E-state index in [0.29, 0.717) is 17.9 Å². The summed E-state index contributed by atoms with van der Waals surface area (Å²) in [7, 11) is 0. The lowest BCUT2D eigenvalue weighted by molar-refractivity contribution is -0.402. The van der Waals surface area contributed by atoms with Crippen molar-refractivity contribution in [1.29, 1.82) is 0 Å². The van der Waals surface area contributed by atoms with Crippen LogP contribution in [-0.2, 0) is 0 Å². The molecule has 0 aromatic carbocycles. The number of piperidine rings is 1. The number of halogens is 1. The summed E-state index contributed by atoms with van der Waals surface area (Å²) in [4.78, 5) is 23.8. The molecule has 0 spiro atoms. The van der Waals surface area contributed by atoms with E-state index in [-0.39, 0.29) is 11.7 Å². The normalized spacial score (nSPS) is 17.1. The first-order valence-electron chi connectivity index (χ1n) is 5.25. The van der Waals surface area contributed by atoms with Crippen LogP contribution in [0.5, 0.6) is 0 Å². The highest BCUT2D eigenvalue weighted by Crippen LogP contribution is 2.21. The highest BCUT2D eigenvalue weighted by molar-refractivity contribution is 9.09. The van der Waals surface area contributed by atoms with Crippen LogP contribution in [0, 0.1) is 10.1 Å². The molecule has 7 heteroatoms. The average Bonchev–Trinajstić information content (AvgIpc) is 2.78. The van der Waals surface area contributed by atoms with Crippen molar-refractivity contribution in [2.24, 2.45) is 0 Å². The second kappa shape index (κ2) is 4.87. The molecule has 0 saturated carbocycles. The molecule has 1 fully saturated rings. The predicted octanol–water partition coefficient (Wildman–Crippen LogP) is 2.19. The van der Waals surface area contributed by atoms with Crippen LogP contribution in [0.2, 0.25) is 0 Å². The number of rotatable bonds is 2. The van der Waals surface area contributed by atoms with Gasteiger partial charge in [0.05, 0.1) is 6.07 Å². The lowest BCUT2D eigenvalue weighted by Gasteiger charge is -2.28. The molecule has 0 radical (unpaired) electrons. The molecule has 1 amide bonds. The van der Waals surface area contributed by atoms with Crippen molar-refractivity contribution in [2.75, 3.05) is 13.1 Å². The fraction of sp³-hybridized carbons (Fsp3) is 0.500. The third kappa shape index (κ3) is 2.66. The number of carbonyl (C=O) groups excluding carboxylic acids is 1. The van der Waals surface area contributed by atoms with Gasteiger partial charge < -0.3 is 9.32 Å². The first-order chi connectivity index (χ1) is 8.08. The summed E-state index contributed by atoms with van der Waals surface area (Å²) in [6, 6.07) is 2.55. The van der Waals surface area contributed by atoms with Crippen LogP contribution >= 0.6 is 15.9 Å². The Hall–Kier alpha value is -1.37. The molecular weight excluding hydrogens is 292 g/mol. The van der Waals surface area contributed by atoms with Crippen LogP contribution in [0.3, 0.4) is 0 Å². The molecule has 6 nitrogen and oxygen atoms in total. The molecule has 2 heterocycles. The van der Waals surface area contributed by atoms with Crippen molar-refractivity contribution < 1.29 is 14.1 Å². The van der Waals surface area contributed by atoms with Crippen LogP contribution in [0.25, 0.3) is 0 Å². The third-order valence-electron chi connectivity index (χ3n) is 2.69. The van der Waals surface area contributed by atoms with Crippen LogP contribution in [0.4, 0.5) is 5.88 Å². The van der Waals surface area contributed by atoms with Crippen molar-refractivity contribution in [2.45, 2.75) is 17.7 Å². The molecule has 1 aliphatic rings. The highest BCUT2D eigenvalue weighted by atomic mass is 79.9. The molecule has 0 unspecified atom stereocenters. The Morgan fingerprint density at radius 2 is 2.12 bits per heavy atom. The van der Waals surface area contributed by atoms with Crippen molar-refractivity contribution in [3.63, 3.8) is 0 Å². The zero-order chi connectivity index (χ0) is 12.4. The summed E-state index contributed by atoms with van der Waals surface area (Å²) < 4.78 is 4.88. The molecule has 0 bridgehead atoms. The fourth-order valence-electron chi connectivity index (χ4n) is 1.75. The van der Waals surface area contributed by atoms with E-state index >= 15 is 0 Å². The van der Waals surface area contributed by atoms with Gasteiger partial charge in [-0.2, -0.15) is 0 Å². The minimum atomic E-state index is -0.651. The zero-order valence-electron chi connectivity index (χ0n) is 8.97. The molecular formula is C10H11BrN2O4. The van der Waals surface area contributed by atoms with E-state index in [9.17, 15) is 14.9 Å². The Morgan fingerprint density at radius 1 is 1.47 bits per heavy atom. The Labute approximate surface area is 106 Å². The quantitative estimate of drug-likeness (QED) is 0.477. The van der Waals surface area contributed by atoms with Gasteiger partial charge in [-0.3, -0.25) is 14.9 Å². The van der Waals surface area contributed by atoms with Crippen LogP contribution in [0.1, 0.15) is 23.4 Å². The number of alkyl halides is 1. The molecule has 2 rings (SSSR count). The van der Waals surface area contributed by atoms with E-state index < -0.39 is 10.8 Å². The first-order valence-corrected chi connectivity index (χ1v) is 6.17. The maximum Gasteiger partial charge on any atom is 0.433 e. The molecule has 0 atom stereocenters. The van der Waals surface area contributed by atoms with Gasteiger partial charge in [0.2, 0.25) is 0 Å². The summed E-state index contributed by atoms with van der Waals surface area (Å²) in [6.07, 6.45) is 1.77. The van der Waals surface area contributed by atoms with Gasteiger partial charge in [-0.25, -0.2) is 0 Å². The lowest BCUT2D eigenvalue weighted by Crippen LogP contribution is -2.38. The maximum atomic E-state index is 11.9. The van der Waals surface area contributed by atoms with Crippen molar-refractivity contribution in [3.8, 4) is 0 Å².